The number of benzene rings is 1. The summed E-state index contributed by atoms with van der Waals surface area (Å²) < 4.78 is 22.7. The summed E-state index contributed by atoms with van der Waals surface area (Å²) >= 11 is 0. The molecule has 0 aromatic heterocycles. The molecule has 0 aliphatic heterocycles. The van der Waals surface area contributed by atoms with E-state index in [0.29, 0.717) is 0 Å². The van der Waals surface area contributed by atoms with Gasteiger partial charge in [0, 0.05) is 0 Å². The summed E-state index contributed by atoms with van der Waals surface area (Å²) in [5.74, 6) is -3.38. The Morgan fingerprint density at radius 1 is 1.41 bits per heavy atom. The third kappa shape index (κ3) is 2.93. The van der Waals surface area contributed by atoms with Crippen molar-refractivity contribution in [2.45, 2.75) is 13.0 Å². The number of methoxy groups -OCH3 is 1. The molecule has 5 nitrogen and oxygen atoms in total. The monoisotopic (exact) mass is 242 g/mol. The number of rotatable bonds is 4. The molecule has 6 heteroatoms. The van der Waals surface area contributed by atoms with Crippen LogP contribution in [0.3, 0.4) is 0 Å². The van der Waals surface area contributed by atoms with Crippen LogP contribution in [0.5, 0.6) is 5.75 Å². The Kier molecular flexibility index (Phi) is 4.03. The van der Waals surface area contributed by atoms with Gasteiger partial charge in [-0.3, -0.25) is 0 Å². The van der Waals surface area contributed by atoms with E-state index in [2.05, 4.69) is 4.74 Å². The summed E-state index contributed by atoms with van der Waals surface area (Å²) in [6, 6.07) is 3.48. The zero-order valence-electron chi connectivity index (χ0n) is 9.27. The molecule has 0 aliphatic rings. The molecule has 0 amide bonds. The average Bonchev–Trinajstić information content (AvgIpc) is 2.30. The topological polar surface area (TPSA) is 72.8 Å². The fourth-order valence-corrected chi connectivity index (χ4v) is 1.19. The molecule has 92 valence electrons. The van der Waals surface area contributed by atoms with Crippen LogP contribution < -0.4 is 4.74 Å². The van der Waals surface area contributed by atoms with E-state index < -0.39 is 29.6 Å². The van der Waals surface area contributed by atoms with Gasteiger partial charge in [0.2, 0.25) is 0 Å². The van der Waals surface area contributed by atoms with E-state index in [9.17, 15) is 14.0 Å². The van der Waals surface area contributed by atoms with Crippen molar-refractivity contribution in [3.8, 4) is 5.75 Å². The average molecular weight is 242 g/mol. The van der Waals surface area contributed by atoms with E-state index in [4.69, 9.17) is 9.84 Å². The van der Waals surface area contributed by atoms with E-state index >= 15 is 0 Å². The Labute approximate surface area is 96.8 Å². The highest BCUT2D eigenvalue weighted by molar-refractivity contribution is 5.91. The summed E-state index contributed by atoms with van der Waals surface area (Å²) in [6.07, 6.45) is -1.09. The highest BCUT2D eigenvalue weighted by atomic mass is 19.1. The number of aromatic carboxylic acids is 1. The van der Waals surface area contributed by atoms with Crippen molar-refractivity contribution in [3.05, 3.63) is 29.6 Å². The van der Waals surface area contributed by atoms with Gasteiger partial charge < -0.3 is 14.6 Å². The van der Waals surface area contributed by atoms with E-state index in [0.717, 1.165) is 13.2 Å². The number of carboxylic acids is 1. The van der Waals surface area contributed by atoms with Crippen molar-refractivity contribution in [1.29, 1.82) is 0 Å². The maximum atomic E-state index is 13.4. The lowest BCUT2D eigenvalue weighted by atomic mass is 10.2. The molecule has 17 heavy (non-hydrogen) atoms. The molecule has 0 heterocycles. The first-order valence-corrected chi connectivity index (χ1v) is 4.73. The number of carboxylic acid groups (broad SMARTS) is 1. The molecule has 0 saturated carbocycles. The first-order valence-electron chi connectivity index (χ1n) is 4.73. The van der Waals surface area contributed by atoms with Crippen molar-refractivity contribution >= 4 is 11.9 Å². The van der Waals surface area contributed by atoms with Gasteiger partial charge in [-0.2, -0.15) is 0 Å². The maximum absolute atomic E-state index is 13.4. The largest absolute Gasteiger partial charge is 0.478 e. The molecule has 0 saturated heterocycles. The number of carbonyl (C=O) groups excluding carboxylic acids is 1. The summed E-state index contributed by atoms with van der Waals surface area (Å²) in [5.41, 5.74) is -0.347. The van der Waals surface area contributed by atoms with E-state index in [-0.39, 0.29) is 5.56 Å². The normalized spacial score (nSPS) is 11.7. The molecule has 1 atom stereocenters. The van der Waals surface area contributed by atoms with Crippen molar-refractivity contribution in [1.82, 2.24) is 0 Å². The van der Waals surface area contributed by atoms with E-state index in [1.54, 1.807) is 0 Å². The number of ether oxygens (including phenoxy) is 2. The van der Waals surface area contributed by atoms with Gasteiger partial charge in [0.05, 0.1) is 7.11 Å². The lowest BCUT2D eigenvalue weighted by molar-refractivity contribution is -0.148. The minimum Gasteiger partial charge on any atom is -0.478 e. The van der Waals surface area contributed by atoms with Crippen LogP contribution in [-0.4, -0.2) is 30.3 Å². The zero-order chi connectivity index (χ0) is 13.0. The van der Waals surface area contributed by atoms with Crippen LogP contribution in [0.15, 0.2) is 18.2 Å². The summed E-state index contributed by atoms with van der Waals surface area (Å²) in [6.45, 7) is 1.34. The van der Waals surface area contributed by atoms with Crippen molar-refractivity contribution in [2.75, 3.05) is 7.11 Å². The Morgan fingerprint density at radius 3 is 2.59 bits per heavy atom. The molecule has 0 fully saturated rings. The molecule has 0 radical (unpaired) electrons. The molecule has 0 spiro atoms. The van der Waals surface area contributed by atoms with Crippen LogP contribution in [0, 0.1) is 5.82 Å². The van der Waals surface area contributed by atoms with Crippen LogP contribution in [0.4, 0.5) is 4.39 Å². The maximum Gasteiger partial charge on any atom is 0.346 e. The molecule has 1 aromatic rings. The summed E-state index contributed by atoms with van der Waals surface area (Å²) in [4.78, 5) is 21.9. The van der Waals surface area contributed by atoms with Gasteiger partial charge in [-0.15, -0.1) is 0 Å². The number of hydrogen-bond acceptors (Lipinski definition) is 4. The molecular weight excluding hydrogens is 231 g/mol. The Balaban J connectivity index is 3.05. The lowest BCUT2D eigenvalue weighted by Gasteiger charge is -2.14. The molecule has 0 bridgehead atoms. The highest BCUT2D eigenvalue weighted by Gasteiger charge is 2.21. The second-order valence-electron chi connectivity index (χ2n) is 3.20. The highest BCUT2D eigenvalue weighted by Crippen LogP contribution is 2.24. The second kappa shape index (κ2) is 5.29. The molecule has 1 aromatic carbocycles. The molecule has 1 unspecified atom stereocenters. The van der Waals surface area contributed by atoms with Gasteiger partial charge in [-0.1, -0.05) is 6.07 Å². The van der Waals surface area contributed by atoms with Crippen molar-refractivity contribution in [3.63, 3.8) is 0 Å². The smallest absolute Gasteiger partial charge is 0.346 e. The molecule has 0 aliphatic carbocycles. The van der Waals surface area contributed by atoms with Gasteiger partial charge in [-0.25, -0.2) is 14.0 Å². The molecule has 1 rings (SSSR count). The number of hydrogen-bond donors (Lipinski definition) is 1. The van der Waals surface area contributed by atoms with Gasteiger partial charge in [0.15, 0.2) is 17.7 Å². The van der Waals surface area contributed by atoms with Crippen molar-refractivity contribution in [2.24, 2.45) is 0 Å². The number of esters is 1. The fourth-order valence-electron chi connectivity index (χ4n) is 1.19. The van der Waals surface area contributed by atoms with Gasteiger partial charge >= 0.3 is 11.9 Å². The molecule has 1 N–H and O–H groups in total. The fraction of sp³-hybridized carbons (Fsp3) is 0.273. The van der Waals surface area contributed by atoms with Crippen LogP contribution in [0.1, 0.15) is 17.3 Å². The number of carbonyl (C=O) groups is 2. The van der Waals surface area contributed by atoms with Gasteiger partial charge in [0.25, 0.3) is 0 Å². The zero-order valence-corrected chi connectivity index (χ0v) is 9.27. The molecular formula is C11H11FO5. The second-order valence-corrected chi connectivity index (χ2v) is 3.20. The first kappa shape index (κ1) is 13.0. The SMILES string of the molecule is COC(=O)C(C)Oc1c(F)cccc1C(=O)O. The third-order valence-corrected chi connectivity index (χ3v) is 2.03. The van der Waals surface area contributed by atoms with Crippen molar-refractivity contribution < 1.29 is 28.6 Å². The quantitative estimate of drug-likeness (QED) is 0.809. The Morgan fingerprint density at radius 2 is 2.06 bits per heavy atom. The minimum atomic E-state index is -1.34. The summed E-state index contributed by atoms with van der Waals surface area (Å²) in [7, 11) is 1.15. The predicted molar refractivity (Wildman–Crippen MR) is 55.5 cm³/mol. The minimum absolute atomic E-state index is 0.347. The van der Waals surface area contributed by atoms with Crippen LogP contribution >= 0.6 is 0 Å². The number of halogens is 1. The van der Waals surface area contributed by atoms with Crippen LogP contribution in [-0.2, 0) is 9.53 Å². The Hall–Kier alpha value is -2.11. The third-order valence-electron chi connectivity index (χ3n) is 2.03. The van der Waals surface area contributed by atoms with Gasteiger partial charge in [0.1, 0.15) is 5.56 Å². The first-order chi connectivity index (χ1) is 7.97. The van der Waals surface area contributed by atoms with Crippen LogP contribution in [0.2, 0.25) is 0 Å². The van der Waals surface area contributed by atoms with Gasteiger partial charge in [-0.05, 0) is 19.1 Å². The van der Waals surface area contributed by atoms with E-state index in [1.807, 2.05) is 0 Å². The standard InChI is InChI=1S/C11H11FO5/c1-6(11(15)16-2)17-9-7(10(13)14)4-3-5-8(9)12/h3-6H,1-2H3,(H,13,14). The van der Waals surface area contributed by atoms with E-state index in [1.165, 1.54) is 19.1 Å². The van der Waals surface area contributed by atoms with Crippen LogP contribution in [0.25, 0.3) is 0 Å². The number of para-hydroxylation sites is 1. The Bertz CT molecular complexity index is 443. The summed E-state index contributed by atoms with van der Waals surface area (Å²) in [5, 5.41) is 8.84. The lowest BCUT2D eigenvalue weighted by Crippen LogP contribution is -2.26. The predicted octanol–water partition coefficient (Wildman–Crippen LogP) is 1.46.